The summed E-state index contributed by atoms with van der Waals surface area (Å²) >= 11 is 0. The van der Waals surface area contributed by atoms with Crippen LogP contribution in [-0.2, 0) is 9.53 Å². The second-order valence-corrected chi connectivity index (χ2v) is 4.40. The lowest BCUT2D eigenvalue weighted by molar-refractivity contribution is -0.134. The average molecular weight is 214 g/mol. The first-order valence-corrected chi connectivity index (χ1v) is 5.76. The number of hydrogen-bond acceptors (Lipinski definition) is 4. The van der Waals surface area contributed by atoms with E-state index in [1.54, 1.807) is 0 Å². The number of carbonyl (C=O) groups is 1. The van der Waals surface area contributed by atoms with Gasteiger partial charge in [0, 0.05) is 18.6 Å². The number of carbonyl (C=O) groups excluding carboxylic acids is 1. The molecular formula is C11H22N2O2. The van der Waals surface area contributed by atoms with E-state index in [2.05, 4.69) is 24.1 Å². The van der Waals surface area contributed by atoms with Crippen molar-refractivity contribution in [2.24, 2.45) is 0 Å². The first-order valence-electron chi connectivity index (χ1n) is 5.76. The molecule has 4 heteroatoms. The van der Waals surface area contributed by atoms with Gasteiger partial charge in [-0.15, -0.1) is 0 Å². The van der Waals surface area contributed by atoms with Crippen molar-refractivity contribution in [1.82, 2.24) is 10.2 Å². The molecule has 1 fully saturated rings. The van der Waals surface area contributed by atoms with Crippen LogP contribution in [0.25, 0.3) is 0 Å². The van der Waals surface area contributed by atoms with E-state index in [-0.39, 0.29) is 0 Å². The monoisotopic (exact) mass is 214 g/mol. The van der Waals surface area contributed by atoms with Crippen molar-refractivity contribution in [3.63, 3.8) is 0 Å². The maximum atomic E-state index is 10.2. The molecule has 0 amide bonds. The molecule has 1 atom stereocenters. The van der Waals surface area contributed by atoms with E-state index in [1.807, 2.05) is 0 Å². The van der Waals surface area contributed by atoms with Crippen LogP contribution >= 0.6 is 0 Å². The number of hydrogen-bond donors (Lipinski definition) is 1. The normalized spacial score (nSPS) is 22.0. The smallest absolute Gasteiger partial charge is 0.294 e. The van der Waals surface area contributed by atoms with Crippen molar-refractivity contribution in [2.75, 3.05) is 19.8 Å². The molecule has 0 aromatic rings. The van der Waals surface area contributed by atoms with E-state index in [0.29, 0.717) is 25.3 Å². The minimum Gasteiger partial charge on any atom is -0.452 e. The lowest BCUT2D eigenvalue weighted by Gasteiger charge is -2.32. The number of rotatable bonds is 6. The highest BCUT2D eigenvalue weighted by molar-refractivity contribution is 5.36. The molecule has 0 spiro atoms. The van der Waals surface area contributed by atoms with Crippen molar-refractivity contribution < 1.29 is 9.53 Å². The lowest BCUT2D eigenvalue weighted by atomic mass is 10.0. The van der Waals surface area contributed by atoms with Crippen LogP contribution in [0.3, 0.4) is 0 Å². The van der Waals surface area contributed by atoms with E-state index in [0.717, 1.165) is 13.1 Å². The molecule has 1 heterocycles. The van der Waals surface area contributed by atoms with Crippen molar-refractivity contribution >= 4 is 6.47 Å². The molecule has 0 radical (unpaired) electrons. The van der Waals surface area contributed by atoms with Gasteiger partial charge in [0.05, 0.1) is 0 Å². The molecule has 1 rings (SSSR count). The van der Waals surface area contributed by atoms with Crippen molar-refractivity contribution in [1.29, 1.82) is 0 Å². The molecule has 1 aliphatic heterocycles. The Hall–Kier alpha value is -0.610. The van der Waals surface area contributed by atoms with E-state index < -0.39 is 0 Å². The van der Waals surface area contributed by atoms with Gasteiger partial charge < -0.3 is 10.1 Å². The minimum absolute atomic E-state index is 0.402. The number of ether oxygens (including phenoxy) is 1. The van der Waals surface area contributed by atoms with Crippen LogP contribution in [0.5, 0.6) is 0 Å². The quantitative estimate of drug-likeness (QED) is 0.528. The highest BCUT2D eigenvalue weighted by Crippen LogP contribution is 2.10. The van der Waals surface area contributed by atoms with Gasteiger partial charge in [-0.2, -0.15) is 0 Å². The standard InChI is InChI=1S/C11H22N2O2/c1-10(2)13(8-15-9-14)7-11-5-3-4-6-12-11/h9-12H,3-8H2,1-2H3. The lowest BCUT2D eigenvalue weighted by Crippen LogP contribution is -2.46. The van der Waals surface area contributed by atoms with Gasteiger partial charge in [0.15, 0.2) is 0 Å². The number of nitrogens with one attached hydrogen (secondary N) is 1. The summed E-state index contributed by atoms with van der Waals surface area (Å²) in [6.07, 6.45) is 3.81. The molecule has 1 saturated heterocycles. The zero-order valence-corrected chi connectivity index (χ0v) is 9.74. The summed E-state index contributed by atoms with van der Waals surface area (Å²) in [7, 11) is 0. The summed E-state index contributed by atoms with van der Waals surface area (Å²) in [5.74, 6) is 0. The fraction of sp³-hybridized carbons (Fsp3) is 0.909. The summed E-state index contributed by atoms with van der Waals surface area (Å²) in [6, 6.07) is 0.963. The van der Waals surface area contributed by atoms with E-state index in [9.17, 15) is 4.79 Å². The van der Waals surface area contributed by atoms with Crippen LogP contribution in [0.2, 0.25) is 0 Å². The zero-order chi connectivity index (χ0) is 11.1. The molecule has 0 bridgehead atoms. The zero-order valence-electron chi connectivity index (χ0n) is 9.74. The molecule has 88 valence electrons. The van der Waals surface area contributed by atoms with Crippen LogP contribution in [0, 0.1) is 0 Å². The third kappa shape index (κ3) is 4.62. The van der Waals surface area contributed by atoms with Gasteiger partial charge >= 0.3 is 0 Å². The summed E-state index contributed by atoms with van der Waals surface area (Å²) in [5.41, 5.74) is 0. The number of nitrogens with zero attached hydrogens (tertiary/aromatic N) is 1. The highest BCUT2D eigenvalue weighted by Gasteiger charge is 2.18. The Balaban J connectivity index is 2.31. The van der Waals surface area contributed by atoms with Crippen LogP contribution in [0.4, 0.5) is 0 Å². The van der Waals surface area contributed by atoms with Crippen LogP contribution in [-0.4, -0.2) is 43.3 Å². The summed E-state index contributed by atoms with van der Waals surface area (Å²) in [6.45, 7) is 7.24. The molecule has 15 heavy (non-hydrogen) atoms. The first-order chi connectivity index (χ1) is 7.24. The molecule has 0 saturated carbocycles. The van der Waals surface area contributed by atoms with Crippen LogP contribution < -0.4 is 5.32 Å². The Morgan fingerprint density at radius 1 is 1.53 bits per heavy atom. The Morgan fingerprint density at radius 3 is 2.87 bits per heavy atom. The minimum atomic E-state index is 0.402. The molecular weight excluding hydrogens is 192 g/mol. The Bertz CT molecular complexity index is 179. The second kappa shape index (κ2) is 6.80. The van der Waals surface area contributed by atoms with Gasteiger partial charge in [-0.3, -0.25) is 9.69 Å². The van der Waals surface area contributed by atoms with Crippen LogP contribution in [0.15, 0.2) is 0 Å². The van der Waals surface area contributed by atoms with E-state index in [1.165, 1.54) is 19.3 Å². The SMILES string of the molecule is CC(C)N(COC=O)CC1CCCCN1. The molecule has 4 nitrogen and oxygen atoms in total. The van der Waals surface area contributed by atoms with Gasteiger partial charge in [-0.1, -0.05) is 6.42 Å². The number of piperidine rings is 1. The predicted octanol–water partition coefficient (Wildman–Crippen LogP) is 0.969. The summed E-state index contributed by atoms with van der Waals surface area (Å²) in [5, 5.41) is 3.50. The predicted molar refractivity (Wildman–Crippen MR) is 59.5 cm³/mol. The maximum absolute atomic E-state index is 10.2. The fourth-order valence-electron chi connectivity index (χ4n) is 1.90. The maximum Gasteiger partial charge on any atom is 0.294 e. The molecule has 0 aliphatic carbocycles. The third-order valence-corrected chi connectivity index (χ3v) is 2.91. The van der Waals surface area contributed by atoms with Gasteiger partial charge in [0.1, 0.15) is 6.73 Å². The molecule has 0 aromatic heterocycles. The fourth-order valence-corrected chi connectivity index (χ4v) is 1.90. The molecule has 0 aromatic carbocycles. The van der Waals surface area contributed by atoms with Gasteiger partial charge in [-0.05, 0) is 33.2 Å². The Kier molecular flexibility index (Phi) is 5.65. The highest BCUT2D eigenvalue weighted by atomic mass is 16.5. The Labute approximate surface area is 92.0 Å². The van der Waals surface area contributed by atoms with Crippen molar-refractivity contribution in [3.05, 3.63) is 0 Å². The largest absolute Gasteiger partial charge is 0.452 e. The third-order valence-electron chi connectivity index (χ3n) is 2.91. The molecule has 1 aliphatic rings. The summed E-state index contributed by atoms with van der Waals surface area (Å²) in [4.78, 5) is 12.3. The average Bonchev–Trinajstić information content (AvgIpc) is 2.25. The van der Waals surface area contributed by atoms with Crippen molar-refractivity contribution in [2.45, 2.75) is 45.2 Å². The topological polar surface area (TPSA) is 41.6 Å². The van der Waals surface area contributed by atoms with Crippen LogP contribution in [0.1, 0.15) is 33.1 Å². The molecule has 1 N–H and O–H groups in total. The van der Waals surface area contributed by atoms with E-state index >= 15 is 0 Å². The van der Waals surface area contributed by atoms with Gasteiger partial charge in [0.2, 0.25) is 0 Å². The molecule has 1 unspecified atom stereocenters. The van der Waals surface area contributed by atoms with Crippen molar-refractivity contribution in [3.8, 4) is 0 Å². The first kappa shape index (κ1) is 12.5. The van der Waals surface area contributed by atoms with Gasteiger partial charge in [0.25, 0.3) is 6.47 Å². The van der Waals surface area contributed by atoms with Gasteiger partial charge in [-0.25, -0.2) is 0 Å². The second-order valence-electron chi connectivity index (χ2n) is 4.40. The Morgan fingerprint density at radius 2 is 2.33 bits per heavy atom. The summed E-state index contributed by atoms with van der Waals surface area (Å²) < 4.78 is 4.82. The van der Waals surface area contributed by atoms with E-state index in [4.69, 9.17) is 4.74 Å².